The fourth-order valence-electron chi connectivity index (χ4n) is 3.62. The number of carbonyl (C=O) groups excluding carboxylic acids is 1. The summed E-state index contributed by atoms with van der Waals surface area (Å²) in [6, 6.07) is 17.6. The van der Waals surface area contributed by atoms with Gasteiger partial charge in [-0.3, -0.25) is 4.98 Å². The predicted octanol–water partition coefficient (Wildman–Crippen LogP) is 4.32. The average molecular weight is 404 g/mol. The van der Waals surface area contributed by atoms with Crippen LogP contribution in [0.15, 0.2) is 54.6 Å². The number of rotatable bonds is 7. The van der Waals surface area contributed by atoms with Gasteiger partial charge < -0.3 is 16.2 Å². The van der Waals surface area contributed by atoms with Crippen molar-refractivity contribution in [3.05, 3.63) is 77.0 Å². The molecule has 3 rings (SSSR count). The summed E-state index contributed by atoms with van der Waals surface area (Å²) in [4.78, 5) is 17.3. The molecule has 0 saturated heterocycles. The molecule has 3 aromatic rings. The van der Waals surface area contributed by atoms with E-state index in [-0.39, 0.29) is 5.97 Å². The molecule has 0 spiro atoms. The third-order valence-corrected chi connectivity index (χ3v) is 5.12. The van der Waals surface area contributed by atoms with Gasteiger partial charge in [0, 0.05) is 24.3 Å². The number of esters is 1. The van der Waals surface area contributed by atoms with Crippen LogP contribution in [-0.4, -0.2) is 18.1 Å². The molecule has 2 aromatic carbocycles. The van der Waals surface area contributed by atoms with Crippen molar-refractivity contribution < 1.29 is 9.53 Å². The molecule has 0 bridgehead atoms. The highest BCUT2D eigenvalue weighted by atomic mass is 16.5. The number of hydrogen-bond donors (Lipinski definition) is 2. The van der Waals surface area contributed by atoms with Crippen LogP contribution in [0, 0.1) is 5.92 Å². The van der Waals surface area contributed by atoms with Gasteiger partial charge in [0.05, 0.1) is 18.4 Å². The highest BCUT2D eigenvalue weighted by molar-refractivity contribution is 5.97. The summed E-state index contributed by atoms with van der Waals surface area (Å²) in [5.41, 5.74) is 19.1. The van der Waals surface area contributed by atoms with Gasteiger partial charge in [0.1, 0.15) is 0 Å². The summed E-state index contributed by atoms with van der Waals surface area (Å²) >= 11 is 0. The van der Waals surface area contributed by atoms with E-state index >= 15 is 0 Å². The van der Waals surface area contributed by atoms with E-state index in [9.17, 15) is 4.79 Å². The van der Waals surface area contributed by atoms with Crippen LogP contribution >= 0.6 is 0 Å². The molecule has 1 heterocycles. The molecule has 0 aliphatic rings. The van der Waals surface area contributed by atoms with Gasteiger partial charge in [0.15, 0.2) is 0 Å². The van der Waals surface area contributed by atoms with Crippen molar-refractivity contribution in [1.29, 1.82) is 0 Å². The second-order valence-corrected chi connectivity index (χ2v) is 7.72. The number of nitrogens with zero attached hydrogens (tertiary/aromatic N) is 1. The molecule has 5 nitrogen and oxygen atoms in total. The van der Waals surface area contributed by atoms with E-state index in [2.05, 4.69) is 26.0 Å². The maximum Gasteiger partial charge on any atom is 0.338 e. The third kappa shape index (κ3) is 4.58. The molecule has 5 heteroatoms. The van der Waals surface area contributed by atoms with Crippen LogP contribution in [0.3, 0.4) is 0 Å². The minimum Gasteiger partial charge on any atom is -0.465 e. The fourth-order valence-corrected chi connectivity index (χ4v) is 3.62. The zero-order valence-electron chi connectivity index (χ0n) is 17.8. The smallest absolute Gasteiger partial charge is 0.338 e. The van der Waals surface area contributed by atoms with Gasteiger partial charge in [-0.15, -0.1) is 0 Å². The number of benzene rings is 2. The van der Waals surface area contributed by atoms with E-state index in [4.69, 9.17) is 21.2 Å². The van der Waals surface area contributed by atoms with Crippen molar-refractivity contribution in [1.82, 2.24) is 4.98 Å². The van der Waals surface area contributed by atoms with E-state index in [0.29, 0.717) is 24.6 Å². The highest BCUT2D eigenvalue weighted by Gasteiger charge is 2.19. The molecule has 1 aromatic heterocycles. The second-order valence-electron chi connectivity index (χ2n) is 7.72. The molecule has 0 unspecified atom stereocenters. The van der Waals surface area contributed by atoms with Gasteiger partial charge in [-0.2, -0.15) is 0 Å². The Labute approximate surface area is 178 Å². The van der Waals surface area contributed by atoms with Gasteiger partial charge in [-0.05, 0) is 46.7 Å². The van der Waals surface area contributed by atoms with E-state index in [1.807, 2.05) is 36.4 Å². The summed E-state index contributed by atoms with van der Waals surface area (Å²) in [5, 5.41) is 0. The number of ether oxygens (including phenoxy) is 1. The molecule has 30 heavy (non-hydrogen) atoms. The SMILES string of the molecule is COC(=O)c1ccccc1-c1cc(-c2ccc(CN)cc2)c(CN)c(CC(C)C)n1. The van der Waals surface area contributed by atoms with E-state index < -0.39 is 0 Å². The zero-order chi connectivity index (χ0) is 21.7. The van der Waals surface area contributed by atoms with Gasteiger partial charge in [-0.1, -0.05) is 56.3 Å². The summed E-state index contributed by atoms with van der Waals surface area (Å²) in [7, 11) is 1.39. The molecule has 0 aliphatic heterocycles. The van der Waals surface area contributed by atoms with Crippen LogP contribution in [-0.2, 0) is 24.2 Å². The fraction of sp³-hybridized carbons (Fsp3) is 0.280. The first-order valence-electron chi connectivity index (χ1n) is 10.2. The standard InChI is InChI=1S/C25H29N3O2/c1-16(2)12-23-22(15-27)21(18-10-8-17(14-26)9-11-18)13-24(28-23)19-6-4-5-7-20(19)25(29)30-3/h4-11,13,16H,12,14-15,26-27H2,1-3H3. The molecule has 0 amide bonds. The monoisotopic (exact) mass is 403 g/mol. The molecule has 0 aliphatic carbocycles. The first-order valence-corrected chi connectivity index (χ1v) is 10.2. The van der Waals surface area contributed by atoms with Crippen molar-refractivity contribution in [2.75, 3.05) is 7.11 Å². The lowest BCUT2D eigenvalue weighted by Gasteiger charge is -2.18. The number of aromatic nitrogens is 1. The molecule has 156 valence electrons. The molecular weight excluding hydrogens is 374 g/mol. The topological polar surface area (TPSA) is 91.2 Å². The summed E-state index contributed by atoms with van der Waals surface area (Å²) in [6.07, 6.45) is 0.800. The number of pyridine rings is 1. The second kappa shape index (κ2) is 9.65. The number of carbonyl (C=O) groups is 1. The maximum atomic E-state index is 12.3. The largest absolute Gasteiger partial charge is 0.465 e. The highest BCUT2D eigenvalue weighted by Crippen LogP contribution is 2.33. The van der Waals surface area contributed by atoms with Crippen molar-refractivity contribution in [3.8, 4) is 22.4 Å². The Morgan fingerprint density at radius 1 is 1.00 bits per heavy atom. The van der Waals surface area contributed by atoms with Crippen molar-refractivity contribution in [2.24, 2.45) is 17.4 Å². The molecule has 4 N–H and O–H groups in total. The number of methoxy groups -OCH3 is 1. The predicted molar refractivity (Wildman–Crippen MR) is 121 cm³/mol. The first kappa shape index (κ1) is 21.7. The van der Waals surface area contributed by atoms with Crippen LogP contribution in [0.5, 0.6) is 0 Å². The molecule has 0 saturated carbocycles. The number of hydrogen-bond acceptors (Lipinski definition) is 5. The van der Waals surface area contributed by atoms with Crippen LogP contribution < -0.4 is 11.5 Å². The molecule has 0 atom stereocenters. The van der Waals surface area contributed by atoms with Crippen LogP contribution in [0.4, 0.5) is 0 Å². The van der Waals surface area contributed by atoms with Crippen molar-refractivity contribution in [3.63, 3.8) is 0 Å². The molecule has 0 fully saturated rings. The minimum absolute atomic E-state index is 0.380. The van der Waals surface area contributed by atoms with E-state index in [0.717, 1.165) is 45.6 Å². The summed E-state index contributed by atoms with van der Waals surface area (Å²) < 4.78 is 4.98. The average Bonchev–Trinajstić information content (AvgIpc) is 2.77. The van der Waals surface area contributed by atoms with Crippen LogP contribution in [0.25, 0.3) is 22.4 Å². The Morgan fingerprint density at radius 3 is 2.30 bits per heavy atom. The lowest BCUT2D eigenvalue weighted by molar-refractivity contribution is 0.0601. The van der Waals surface area contributed by atoms with Gasteiger partial charge >= 0.3 is 5.97 Å². The quantitative estimate of drug-likeness (QED) is 0.573. The summed E-state index contributed by atoms with van der Waals surface area (Å²) in [5.74, 6) is 0.0379. The Morgan fingerprint density at radius 2 is 1.70 bits per heavy atom. The van der Waals surface area contributed by atoms with Crippen molar-refractivity contribution >= 4 is 5.97 Å². The summed E-state index contributed by atoms with van der Waals surface area (Å²) in [6.45, 7) is 5.21. The van der Waals surface area contributed by atoms with E-state index in [1.54, 1.807) is 6.07 Å². The van der Waals surface area contributed by atoms with Gasteiger partial charge in [0.25, 0.3) is 0 Å². The van der Waals surface area contributed by atoms with E-state index in [1.165, 1.54) is 7.11 Å². The lowest BCUT2D eigenvalue weighted by Crippen LogP contribution is -2.11. The zero-order valence-corrected chi connectivity index (χ0v) is 17.8. The van der Waals surface area contributed by atoms with Gasteiger partial charge in [-0.25, -0.2) is 4.79 Å². The Hall–Kier alpha value is -3.02. The van der Waals surface area contributed by atoms with Crippen molar-refractivity contribution in [2.45, 2.75) is 33.4 Å². The Bertz CT molecular complexity index is 1030. The minimum atomic E-state index is -0.380. The first-order chi connectivity index (χ1) is 14.5. The molecular formula is C25H29N3O2. The number of nitrogens with two attached hydrogens (primary N) is 2. The molecule has 0 radical (unpaired) electrons. The van der Waals surface area contributed by atoms with Crippen LogP contribution in [0.1, 0.15) is 41.0 Å². The Balaban J connectivity index is 2.26. The van der Waals surface area contributed by atoms with Crippen LogP contribution in [0.2, 0.25) is 0 Å². The van der Waals surface area contributed by atoms with Gasteiger partial charge in [0.2, 0.25) is 0 Å². The Kier molecular flexibility index (Phi) is 6.98. The lowest BCUT2D eigenvalue weighted by atomic mass is 9.92. The maximum absolute atomic E-state index is 12.3. The third-order valence-electron chi connectivity index (χ3n) is 5.12. The normalized spacial score (nSPS) is 11.0.